The minimum Gasteiger partial charge on any atom is -0.480 e. The van der Waals surface area contributed by atoms with Crippen LogP contribution in [0.2, 0.25) is 0 Å². The Kier molecular flexibility index (Phi) is 6.52. The highest BCUT2D eigenvalue weighted by Crippen LogP contribution is 1.94. The van der Waals surface area contributed by atoms with Crippen LogP contribution in [0.15, 0.2) is 0 Å². The van der Waals surface area contributed by atoms with Crippen LogP contribution in [-0.4, -0.2) is 42.7 Å². The van der Waals surface area contributed by atoms with E-state index in [1.165, 1.54) is 6.92 Å². The molecule has 0 aliphatic heterocycles. The average molecular weight is 225 g/mol. The minimum absolute atomic E-state index is 0.135. The maximum atomic E-state index is 11.6. The molecule has 0 aromatic carbocycles. The molecular weight excluding hydrogens is 212 g/mol. The molecule has 1 atom stereocenters. The Hall–Kier alpha value is -1.24. The van der Waals surface area contributed by atoms with Crippen LogP contribution in [0.25, 0.3) is 0 Å². The predicted octanol–water partition coefficient (Wildman–Crippen LogP) is 0.248. The first-order chi connectivity index (χ1) is 6.93. The van der Waals surface area contributed by atoms with Gasteiger partial charge in [0.15, 0.2) is 0 Å². The number of carbonyl (C=O) groups is 2. The molecule has 0 aliphatic rings. The van der Waals surface area contributed by atoms with Crippen LogP contribution in [0.1, 0.15) is 13.3 Å². The third-order valence-electron chi connectivity index (χ3n) is 1.47. The lowest BCUT2D eigenvalue weighted by molar-refractivity contribution is -0.141. The molecule has 15 heavy (non-hydrogen) atoms. The van der Waals surface area contributed by atoms with Gasteiger partial charge < -0.3 is 15.2 Å². The number of alkyl halides is 2. The third kappa shape index (κ3) is 7.80. The van der Waals surface area contributed by atoms with Gasteiger partial charge >= 0.3 is 5.97 Å². The summed E-state index contributed by atoms with van der Waals surface area (Å²) in [4.78, 5) is 21.3. The number of halogens is 2. The van der Waals surface area contributed by atoms with Gasteiger partial charge in [0, 0.05) is 6.42 Å². The van der Waals surface area contributed by atoms with E-state index in [0.717, 1.165) is 0 Å². The van der Waals surface area contributed by atoms with E-state index in [1.807, 2.05) is 0 Å². The zero-order valence-corrected chi connectivity index (χ0v) is 8.20. The highest BCUT2D eigenvalue weighted by molar-refractivity contribution is 5.83. The van der Waals surface area contributed by atoms with Crippen molar-refractivity contribution in [1.82, 2.24) is 5.32 Å². The van der Waals surface area contributed by atoms with Crippen molar-refractivity contribution in [2.45, 2.75) is 25.8 Å². The molecule has 88 valence electrons. The zero-order valence-electron chi connectivity index (χ0n) is 8.20. The van der Waals surface area contributed by atoms with Gasteiger partial charge in [-0.05, 0) is 6.92 Å². The second-order valence-electron chi connectivity index (χ2n) is 2.84. The molecule has 0 unspecified atom stereocenters. The van der Waals surface area contributed by atoms with Gasteiger partial charge in [-0.15, -0.1) is 0 Å². The van der Waals surface area contributed by atoms with Crippen molar-refractivity contribution < 1.29 is 28.2 Å². The largest absolute Gasteiger partial charge is 0.480 e. The molecule has 0 aromatic rings. The molecule has 2 N–H and O–H groups in total. The maximum Gasteiger partial charge on any atom is 0.325 e. The first kappa shape index (κ1) is 13.8. The maximum absolute atomic E-state index is 11.6. The van der Waals surface area contributed by atoms with Crippen LogP contribution >= 0.6 is 0 Å². The first-order valence-corrected chi connectivity index (χ1v) is 4.31. The van der Waals surface area contributed by atoms with Gasteiger partial charge in [-0.2, -0.15) is 0 Å². The number of carboxylic acids is 1. The lowest BCUT2D eigenvalue weighted by Crippen LogP contribution is -2.38. The zero-order chi connectivity index (χ0) is 11.8. The van der Waals surface area contributed by atoms with Crippen molar-refractivity contribution in [3.63, 3.8) is 0 Å². The molecule has 7 heteroatoms. The number of ether oxygens (including phenoxy) is 1. The average Bonchev–Trinajstić information content (AvgIpc) is 2.12. The fraction of sp³-hybridized carbons (Fsp3) is 0.750. The number of nitrogens with one attached hydrogen (secondary N) is 1. The third-order valence-corrected chi connectivity index (χ3v) is 1.47. The summed E-state index contributed by atoms with van der Waals surface area (Å²) in [6.45, 7) is 0.435. The normalized spacial score (nSPS) is 12.5. The van der Waals surface area contributed by atoms with Gasteiger partial charge in [-0.3, -0.25) is 9.59 Å². The van der Waals surface area contributed by atoms with E-state index in [-0.39, 0.29) is 13.0 Å². The number of aliphatic carboxylic acids is 1. The molecule has 0 radical (unpaired) electrons. The van der Waals surface area contributed by atoms with E-state index in [0.29, 0.717) is 0 Å². The summed E-state index contributed by atoms with van der Waals surface area (Å²) in [6, 6.07) is -0.993. The van der Waals surface area contributed by atoms with E-state index in [2.05, 4.69) is 10.1 Å². The van der Waals surface area contributed by atoms with Crippen LogP contribution < -0.4 is 5.32 Å². The molecular formula is C8H13F2NO4. The van der Waals surface area contributed by atoms with Crippen LogP contribution in [0.3, 0.4) is 0 Å². The van der Waals surface area contributed by atoms with E-state index in [9.17, 15) is 18.4 Å². The molecule has 0 spiro atoms. The molecule has 0 heterocycles. The summed E-state index contributed by atoms with van der Waals surface area (Å²) in [5.74, 6) is -1.70. The number of carbonyl (C=O) groups excluding carboxylic acids is 1. The van der Waals surface area contributed by atoms with E-state index >= 15 is 0 Å². The van der Waals surface area contributed by atoms with Gasteiger partial charge in [0.1, 0.15) is 12.6 Å². The summed E-state index contributed by atoms with van der Waals surface area (Å²) in [7, 11) is 0. The molecule has 1 amide bonds. The topological polar surface area (TPSA) is 75.6 Å². The number of hydrogen-bond donors (Lipinski definition) is 2. The van der Waals surface area contributed by atoms with Crippen LogP contribution in [0.5, 0.6) is 0 Å². The van der Waals surface area contributed by atoms with Gasteiger partial charge in [0.05, 0.1) is 6.61 Å². The van der Waals surface area contributed by atoms with Crippen molar-refractivity contribution in [3.05, 3.63) is 0 Å². The summed E-state index contributed by atoms with van der Waals surface area (Å²) < 4.78 is 27.6. The van der Waals surface area contributed by atoms with E-state index < -0.39 is 31.0 Å². The lowest BCUT2D eigenvalue weighted by atomic mass is 10.3. The SMILES string of the molecule is C[C@@H](NC(=O)CCOCC(F)F)C(=O)O. The monoisotopic (exact) mass is 225 g/mol. The van der Waals surface area contributed by atoms with Gasteiger partial charge in [-0.1, -0.05) is 0 Å². The first-order valence-electron chi connectivity index (χ1n) is 4.31. The molecule has 0 rings (SSSR count). The van der Waals surface area contributed by atoms with Gasteiger partial charge in [-0.25, -0.2) is 8.78 Å². The van der Waals surface area contributed by atoms with Crippen LogP contribution in [0, 0.1) is 0 Å². The fourth-order valence-electron chi connectivity index (χ4n) is 0.713. The van der Waals surface area contributed by atoms with Gasteiger partial charge in [0.2, 0.25) is 5.91 Å². The number of rotatable bonds is 7. The van der Waals surface area contributed by atoms with Crippen molar-refractivity contribution in [3.8, 4) is 0 Å². The van der Waals surface area contributed by atoms with Crippen molar-refractivity contribution >= 4 is 11.9 Å². The second kappa shape index (κ2) is 7.10. The smallest absolute Gasteiger partial charge is 0.325 e. The molecule has 0 aliphatic carbocycles. The van der Waals surface area contributed by atoms with Crippen LogP contribution in [0.4, 0.5) is 8.78 Å². The molecule has 0 aromatic heterocycles. The number of carboxylic acid groups (broad SMARTS) is 1. The summed E-state index contributed by atoms with van der Waals surface area (Å²) in [5, 5.41) is 10.6. The molecule has 0 fully saturated rings. The van der Waals surface area contributed by atoms with E-state index in [1.54, 1.807) is 0 Å². The fourth-order valence-corrected chi connectivity index (χ4v) is 0.713. The second-order valence-corrected chi connectivity index (χ2v) is 2.84. The highest BCUT2D eigenvalue weighted by atomic mass is 19.3. The number of hydrogen-bond acceptors (Lipinski definition) is 3. The van der Waals surface area contributed by atoms with Crippen molar-refractivity contribution in [1.29, 1.82) is 0 Å². The summed E-state index contributed by atoms with van der Waals surface area (Å²) in [6.07, 6.45) is -2.70. The van der Waals surface area contributed by atoms with E-state index in [4.69, 9.17) is 5.11 Å². The Morgan fingerprint density at radius 1 is 1.47 bits per heavy atom. The quantitative estimate of drug-likeness (QED) is 0.609. The Labute approximate surface area is 85.4 Å². The summed E-state index contributed by atoms with van der Waals surface area (Å²) in [5.41, 5.74) is 0. The molecule has 0 saturated heterocycles. The Balaban J connectivity index is 3.54. The molecule has 0 saturated carbocycles. The lowest BCUT2D eigenvalue weighted by Gasteiger charge is -2.09. The van der Waals surface area contributed by atoms with Gasteiger partial charge in [0.25, 0.3) is 6.43 Å². The van der Waals surface area contributed by atoms with Crippen molar-refractivity contribution in [2.24, 2.45) is 0 Å². The standard InChI is InChI=1S/C8H13F2NO4/c1-5(8(13)14)11-7(12)2-3-15-4-6(9)10/h5-6H,2-4H2,1H3,(H,11,12)(H,13,14)/t5-/m1/s1. The minimum atomic E-state index is -2.56. The highest BCUT2D eigenvalue weighted by Gasteiger charge is 2.13. The van der Waals surface area contributed by atoms with Crippen LogP contribution in [-0.2, 0) is 14.3 Å². The Morgan fingerprint density at radius 3 is 2.53 bits per heavy atom. The molecule has 5 nitrogen and oxygen atoms in total. The molecule has 0 bridgehead atoms. The summed E-state index contributed by atoms with van der Waals surface area (Å²) >= 11 is 0. The Bertz CT molecular complexity index is 223. The predicted molar refractivity (Wildman–Crippen MR) is 46.7 cm³/mol. The van der Waals surface area contributed by atoms with Crippen molar-refractivity contribution in [2.75, 3.05) is 13.2 Å². The Morgan fingerprint density at radius 2 is 2.07 bits per heavy atom. The number of amides is 1.